The molecular formula is C24H36O5. The molecule has 3 saturated carbocycles. The largest absolute Gasteiger partial charge is 0.481 e. The van der Waals surface area contributed by atoms with Crippen LogP contribution in [-0.2, 0) is 9.59 Å². The molecule has 162 valence electrons. The Hall–Kier alpha value is -1.46. The molecule has 0 heterocycles. The molecule has 0 amide bonds. The molecule has 29 heavy (non-hydrogen) atoms. The number of aliphatic carboxylic acids is 1. The molecule has 3 aliphatic rings. The van der Waals surface area contributed by atoms with Crippen molar-refractivity contribution < 1.29 is 24.9 Å². The fraction of sp³-hybridized carbons (Fsp3) is 0.750. The molecule has 5 nitrogen and oxygen atoms in total. The predicted octanol–water partition coefficient (Wildman–Crippen LogP) is 3.89. The number of rotatable bonds is 11. The monoisotopic (exact) mass is 404 g/mol. The van der Waals surface area contributed by atoms with Gasteiger partial charge in [-0.1, -0.05) is 50.5 Å². The SMILES string of the molecule is CCCCC1(C(O)/C=C/[C@H]2[C@H](O)CC(=O)[C@@H]2C/C=C\C[C@@H]2C[C@H]2C(=O)O)CCC1. The first kappa shape index (κ1) is 22.2. The molecule has 0 radical (unpaired) electrons. The van der Waals surface area contributed by atoms with Crippen LogP contribution in [0.5, 0.6) is 0 Å². The van der Waals surface area contributed by atoms with Crippen LogP contribution in [0.3, 0.4) is 0 Å². The standard InChI is InChI=1S/C24H36O5/c1-2-3-11-24(12-6-13-24)22(27)10-9-18-17(20(25)15-21(18)26)8-5-4-7-16-14-19(16)23(28)29/h4-5,9-10,16-19,21-22,26-27H,2-3,6-8,11-15H2,1H3,(H,28,29)/b5-4-,10-9+/t16-,17-,18-,19-,21-,22?/m1/s1. The Morgan fingerprint density at radius 3 is 2.59 bits per heavy atom. The van der Waals surface area contributed by atoms with Crippen LogP contribution in [0, 0.1) is 29.1 Å². The minimum absolute atomic E-state index is 0.0135. The van der Waals surface area contributed by atoms with Crippen LogP contribution in [0.4, 0.5) is 0 Å². The fourth-order valence-corrected chi connectivity index (χ4v) is 5.14. The van der Waals surface area contributed by atoms with E-state index < -0.39 is 18.2 Å². The van der Waals surface area contributed by atoms with Gasteiger partial charge in [0.05, 0.1) is 18.1 Å². The number of allylic oxidation sites excluding steroid dienone is 2. The lowest BCUT2D eigenvalue weighted by Gasteiger charge is -2.45. The van der Waals surface area contributed by atoms with Crippen molar-refractivity contribution in [2.45, 2.75) is 83.3 Å². The van der Waals surface area contributed by atoms with Gasteiger partial charge >= 0.3 is 5.97 Å². The summed E-state index contributed by atoms with van der Waals surface area (Å²) in [5.41, 5.74) is -0.0135. The summed E-state index contributed by atoms with van der Waals surface area (Å²) in [5, 5.41) is 30.1. The van der Waals surface area contributed by atoms with Gasteiger partial charge in [-0.3, -0.25) is 9.59 Å². The summed E-state index contributed by atoms with van der Waals surface area (Å²) in [6.07, 6.45) is 15.2. The van der Waals surface area contributed by atoms with Crippen LogP contribution in [0.2, 0.25) is 0 Å². The van der Waals surface area contributed by atoms with Gasteiger partial charge in [-0.25, -0.2) is 0 Å². The van der Waals surface area contributed by atoms with E-state index in [4.69, 9.17) is 5.11 Å². The van der Waals surface area contributed by atoms with Gasteiger partial charge in [-0.05, 0) is 49.9 Å². The van der Waals surface area contributed by atoms with Crippen LogP contribution in [0.15, 0.2) is 24.3 Å². The number of ketones is 1. The van der Waals surface area contributed by atoms with E-state index in [1.165, 1.54) is 0 Å². The van der Waals surface area contributed by atoms with Gasteiger partial charge in [-0.2, -0.15) is 0 Å². The second kappa shape index (κ2) is 9.57. The van der Waals surface area contributed by atoms with Crippen molar-refractivity contribution in [2.24, 2.45) is 29.1 Å². The second-order valence-electron chi connectivity index (χ2n) is 9.45. The lowest BCUT2D eigenvalue weighted by atomic mass is 9.62. The number of carboxylic acid groups (broad SMARTS) is 1. The molecule has 1 unspecified atom stereocenters. The quantitative estimate of drug-likeness (QED) is 0.454. The van der Waals surface area contributed by atoms with Gasteiger partial charge in [0.2, 0.25) is 0 Å². The van der Waals surface area contributed by atoms with Crippen molar-refractivity contribution in [1.29, 1.82) is 0 Å². The maximum Gasteiger partial charge on any atom is 0.306 e. The Balaban J connectivity index is 1.54. The van der Waals surface area contributed by atoms with Crippen molar-refractivity contribution in [1.82, 2.24) is 0 Å². The van der Waals surface area contributed by atoms with Crippen LogP contribution in [0.25, 0.3) is 0 Å². The Kier molecular flexibility index (Phi) is 7.33. The van der Waals surface area contributed by atoms with Gasteiger partial charge in [0, 0.05) is 18.3 Å². The van der Waals surface area contributed by atoms with E-state index in [0.717, 1.165) is 51.4 Å². The van der Waals surface area contributed by atoms with Gasteiger partial charge in [0.15, 0.2) is 0 Å². The Bertz CT molecular complexity index is 648. The molecule has 0 aromatic carbocycles. The molecule has 0 aromatic heterocycles. The van der Waals surface area contributed by atoms with E-state index in [1.807, 2.05) is 24.3 Å². The molecule has 0 spiro atoms. The van der Waals surface area contributed by atoms with Crippen molar-refractivity contribution in [3.63, 3.8) is 0 Å². The molecule has 3 aliphatic carbocycles. The average Bonchev–Trinajstić information content (AvgIpc) is 3.37. The highest BCUT2D eigenvalue weighted by atomic mass is 16.4. The molecule has 0 aromatic rings. The molecule has 3 fully saturated rings. The van der Waals surface area contributed by atoms with Crippen LogP contribution in [0.1, 0.15) is 71.1 Å². The number of hydrogen-bond acceptors (Lipinski definition) is 4. The first-order chi connectivity index (χ1) is 13.9. The average molecular weight is 405 g/mol. The summed E-state index contributed by atoms with van der Waals surface area (Å²) in [6, 6.07) is 0. The van der Waals surface area contributed by atoms with Gasteiger partial charge in [-0.15, -0.1) is 0 Å². The highest BCUT2D eigenvalue weighted by Crippen LogP contribution is 2.48. The van der Waals surface area contributed by atoms with Crippen molar-refractivity contribution in [3.05, 3.63) is 24.3 Å². The summed E-state index contributed by atoms with van der Waals surface area (Å²) in [4.78, 5) is 23.3. The molecule has 5 heteroatoms. The zero-order valence-electron chi connectivity index (χ0n) is 17.5. The molecule has 0 saturated heterocycles. The van der Waals surface area contributed by atoms with Crippen molar-refractivity contribution >= 4 is 11.8 Å². The number of unbranched alkanes of at least 4 members (excludes halogenated alkanes) is 1. The van der Waals surface area contributed by atoms with Crippen LogP contribution in [-0.4, -0.2) is 39.3 Å². The zero-order valence-corrected chi connectivity index (χ0v) is 17.5. The lowest BCUT2D eigenvalue weighted by Crippen LogP contribution is -2.40. The number of hydrogen-bond donors (Lipinski definition) is 3. The van der Waals surface area contributed by atoms with Gasteiger partial charge in [0.25, 0.3) is 0 Å². The normalized spacial score (nSPS) is 34.6. The third-order valence-electron chi connectivity index (χ3n) is 7.49. The third kappa shape index (κ3) is 5.18. The first-order valence-corrected chi connectivity index (χ1v) is 11.3. The first-order valence-electron chi connectivity index (χ1n) is 11.3. The Labute approximate surface area is 173 Å². The third-order valence-corrected chi connectivity index (χ3v) is 7.49. The van der Waals surface area contributed by atoms with Crippen LogP contribution < -0.4 is 0 Å². The summed E-state index contributed by atoms with van der Waals surface area (Å²) < 4.78 is 0. The number of carboxylic acids is 1. The van der Waals surface area contributed by atoms with Crippen molar-refractivity contribution in [3.8, 4) is 0 Å². The zero-order chi connectivity index (χ0) is 21.0. The summed E-state index contributed by atoms with van der Waals surface area (Å²) >= 11 is 0. The summed E-state index contributed by atoms with van der Waals surface area (Å²) in [5.74, 6) is -1.14. The lowest BCUT2D eigenvalue weighted by molar-refractivity contribution is -0.138. The van der Waals surface area contributed by atoms with Crippen LogP contribution >= 0.6 is 0 Å². The summed E-state index contributed by atoms with van der Waals surface area (Å²) in [7, 11) is 0. The number of aliphatic hydroxyl groups is 2. The van der Waals surface area contributed by atoms with E-state index in [0.29, 0.717) is 6.42 Å². The van der Waals surface area contributed by atoms with E-state index in [1.54, 1.807) is 0 Å². The van der Waals surface area contributed by atoms with E-state index in [2.05, 4.69) is 6.92 Å². The molecule has 3 rings (SSSR count). The second-order valence-corrected chi connectivity index (χ2v) is 9.45. The molecule has 0 bridgehead atoms. The fourth-order valence-electron chi connectivity index (χ4n) is 5.14. The maximum atomic E-state index is 12.4. The van der Waals surface area contributed by atoms with Gasteiger partial charge in [0.1, 0.15) is 5.78 Å². The van der Waals surface area contributed by atoms with E-state index >= 15 is 0 Å². The number of aliphatic hydroxyl groups excluding tert-OH is 2. The Morgan fingerprint density at radius 2 is 2.00 bits per heavy atom. The molecule has 0 aliphatic heterocycles. The molecular weight excluding hydrogens is 368 g/mol. The Morgan fingerprint density at radius 1 is 1.28 bits per heavy atom. The van der Waals surface area contributed by atoms with Crippen molar-refractivity contribution in [2.75, 3.05) is 0 Å². The maximum absolute atomic E-state index is 12.4. The topological polar surface area (TPSA) is 94.8 Å². The summed E-state index contributed by atoms with van der Waals surface area (Å²) in [6.45, 7) is 2.16. The number of Topliss-reactive ketones (excluding diaryl/α,β-unsaturated/α-hetero) is 1. The molecule has 6 atom stereocenters. The molecule has 3 N–H and O–H groups in total. The van der Waals surface area contributed by atoms with E-state index in [-0.39, 0.29) is 41.3 Å². The highest BCUT2D eigenvalue weighted by Gasteiger charge is 2.44. The van der Waals surface area contributed by atoms with E-state index in [9.17, 15) is 19.8 Å². The smallest absolute Gasteiger partial charge is 0.306 e. The number of carbonyl (C=O) groups excluding carboxylic acids is 1. The predicted molar refractivity (Wildman–Crippen MR) is 111 cm³/mol. The minimum atomic E-state index is -0.718. The number of carbonyl (C=O) groups is 2. The highest BCUT2D eigenvalue weighted by molar-refractivity contribution is 5.84. The van der Waals surface area contributed by atoms with Gasteiger partial charge < -0.3 is 15.3 Å². The minimum Gasteiger partial charge on any atom is -0.481 e.